The first kappa shape index (κ1) is 15.4. The van der Waals surface area contributed by atoms with Crippen LogP contribution < -0.4 is 5.32 Å². The van der Waals surface area contributed by atoms with Crippen LogP contribution in [0.5, 0.6) is 0 Å². The minimum atomic E-state index is 0.289. The van der Waals surface area contributed by atoms with E-state index in [9.17, 15) is 0 Å². The molecule has 1 unspecified atom stereocenters. The molecule has 2 aromatic rings. The number of nitriles is 1. The maximum absolute atomic E-state index is 8.94. The lowest BCUT2D eigenvalue weighted by atomic mass is 10.0. The summed E-state index contributed by atoms with van der Waals surface area (Å²) in [4.78, 5) is 0. The summed E-state index contributed by atoms with van der Waals surface area (Å²) in [6.07, 6.45) is 2.03. The van der Waals surface area contributed by atoms with E-state index in [0.29, 0.717) is 10.6 Å². The van der Waals surface area contributed by atoms with Gasteiger partial charge in [-0.2, -0.15) is 5.26 Å². The van der Waals surface area contributed by atoms with E-state index in [1.807, 2.05) is 0 Å². The summed E-state index contributed by atoms with van der Waals surface area (Å²) in [5.41, 5.74) is 4.08. The SMILES string of the molecule is Cc1cccc(CCC(C)Nc2cc(C#N)ccc2Cl)c1. The summed E-state index contributed by atoms with van der Waals surface area (Å²) in [5, 5.41) is 13.0. The summed E-state index contributed by atoms with van der Waals surface area (Å²) in [7, 11) is 0. The molecule has 3 heteroatoms. The minimum absolute atomic E-state index is 0.289. The van der Waals surface area contributed by atoms with E-state index in [2.05, 4.69) is 49.5 Å². The van der Waals surface area contributed by atoms with Gasteiger partial charge in [0.05, 0.1) is 22.3 Å². The van der Waals surface area contributed by atoms with Crippen molar-refractivity contribution >= 4 is 17.3 Å². The van der Waals surface area contributed by atoms with Crippen molar-refractivity contribution in [1.82, 2.24) is 0 Å². The van der Waals surface area contributed by atoms with Crippen molar-refractivity contribution in [3.63, 3.8) is 0 Å². The third kappa shape index (κ3) is 4.51. The first-order valence-electron chi connectivity index (χ1n) is 7.10. The van der Waals surface area contributed by atoms with Crippen molar-refractivity contribution in [2.75, 3.05) is 5.32 Å². The van der Waals surface area contributed by atoms with Crippen molar-refractivity contribution in [2.45, 2.75) is 32.7 Å². The van der Waals surface area contributed by atoms with Crippen LogP contribution >= 0.6 is 11.6 Å². The zero-order chi connectivity index (χ0) is 15.2. The predicted octanol–water partition coefficient (Wildman–Crippen LogP) is 4.95. The average Bonchev–Trinajstić information content (AvgIpc) is 2.47. The van der Waals surface area contributed by atoms with E-state index in [4.69, 9.17) is 16.9 Å². The summed E-state index contributed by atoms with van der Waals surface area (Å²) >= 11 is 6.16. The maximum Gasteiger partial charge on any atom is 0.0992 e. The Bertz CT molecular complexity index is 659. The molecule has 0 aromatic heterocycles. The maximum atomic E-state index is 8.94. The van der Waals surface area contributed by atoms with Crippen LogP contribution in [0.3, 0.4) is 0 Å². The Morgan fingerprint density at radius 1 is 1.24 bits per heavy atom. The smallest absolute Gasteiger partial charge is 0.0992 e. The van der Waals surface area contributed by atoms with Gasteiger partial charge in [0.15, 0.2) is 0 Å². The van der Waals surface area contributed by atoms with Crippen LogP contribution in [0.25, 0.3) is 0 Å². The van der Waals surface area contributed by atoms with Crippen molar-refractivity contribution < 1.29 is 0 Å². The van der Waals surface area contributed by atoms with Crippen molar-refractivity contribution in [3.05, 3.63) is 64.2 Å². The third-order valence-corrected chi connectivity index (χ3v) is 3.78. The van der Waals surface area contributed by atoms with Gasteiger partial charge < -0.3 is 5.32 Å². The molecule has 0 aliphatic heterocycles. The number of aryl methyl sites for hydroxylation is 2. The Labute approximate surface area is 131 Å². The molecule has 1 N–H and O–H groups in total. The highest BCUT2D eigenvalue weighted by Crippen LogP contribution is 2.24. The predicted molar refractivity (Wildman–Crippen MR) is 88.8 cm³/mol. The molecule has 0 aliphatic carbocycles. The number of nitrogens with zero attached hydrogens (tertiary/aromatic N) is 1. The minimum Gasteiger partial charge on any atom is -0.381 e. The summed E-state index contributed by atoms with van der Waals surface area (Å²) in [6, 6.07) is 16.3. The monoisotopic (exact) mass is 298 g/mol. The summed E-state index contributed by atoms with van der Waals surface area (Å²) in [5.74, 6) is 0. The van der Waals surface area contributed by atoms with Gasteiger partial charge in [-0.1, -0.05) is 41.4 Å². The van der Waals surface area contributed by atoms with E-state index in [1.54, 1.807) is 18.2 Å². The van der Waals surface area contributed by atoms with Crippen molar-refractivity contribution in [2.24, 2.45) is 0 Å². The Balaban J connectivity index is 1.96. The number of rotatable bonds is 5. The molecule has 108 valence electrons. The number of hydrogen-bond acceptors (Lipinski definition) is 2. The highest BCUT2D eigenvalue weighted by Gasteiger charge is 2.07. The van der Waals surface area contributed by atoms with E-state index < -0.39 is 0 Å². The Kier molecular flexibility index (Phi) is 5.25. The van der Waals surface area contributed by atoms with Crippen LogP contribution in [0, 0.1) is 18.3 Å². The molecule has 2 nitrogen and oxygen atoms in total. The topological polar surface area (TPSA) is 35.8 Å². The van der Waals surface area contributed by atoms with E-state index in [1.165, 1.54) is 11.1 Å². The van der Waals surface area contributed by atoms with Crippen LogP contribution in [-0.4, -0.2) is 6.04 Å². The second kappa shape index (κ2) is 7.15. The molecular formula is C18H19ClN2. The van der Waals surface area contributed by atoms with E-state index >= 15 is 0 Å². The van der Waals surface area contributed by atoms with Gasteiger partial charge >= 0.3 is 0 Å². The van der Waals surface area contributed by atoms with Gasteiger partial charge in [0.25, 0.3) is 0 Å². The molecule has 0 amide bonds. The Hall–Kier alpha value is -1.98. The molecule has 1 atom stereocenters. The van der Waals surface area contributed by atoms with Crippen molar-refractivity contribution in [3.8, 4) is 6.07 Å². The summed E-state index contributed by atoms with van der Waals surface area (Å²) < 4.78 is 0. The van der Waals surface area contributed by atoms with Crippen molar-refractivity contribution in [1.29, 1.82) is 5.26 Å². The van der Waals surface area contributed by atoms with Crippen LogP contribution in [0.4, 0.5) is 5.69 Å². The van der Waals surface area contributed by atoms with Gasteiger partial charge in [-0.05, 0) is 50.5 Å². The molecule has 0 heterocycles. The fourth-order valence-electron chi connectivity index (χ4n) is 2.29. The number of halogens is 1. The number of hydrogen-bond donors (Lipinski definition) is 1. The third-order valence-electron chi connectivity index (χ3n) is 3.45. The molecule has 0 spiro atoms. The van der Waals surface area contributed by atoms with Crippen LogP contribution in [0.1, 0.15) is 30.0 Å². The normalized spacial score (nSPS) is 11.7. The largest absolute Gasteiger partial charge is 0.381 e. The Morgan fingerprint density at radius 3 is 2.76 bits per heavy atom. The van der Waals surface area contributed by atoms with Gasteiger partial charge in [0.2, 0.25) is 0 Å². The van der Waals surface area contributed by atoms with Gasteiger partial charge in [-0.25, -0.2) is 0 Å². The number of nitrogens with one attached hydrogen (secondary N) is 1. The fourth-order valence-corrected chi connectivity index (χ4v) is 2.47. The van der Waals surface area contributed by atoms with Crippen LogP contribution in [-0.2, 0) is 6.42 Å². The second-order valence-corrected chi connectivity index (χ2v) is 5.79. The molecule has 0 saturated carbocycles. The molecule has 2 rings (SSSR count). The lowest BCUT2D eigenvalue weighted by Crippen LogP contribution is -2.16. The fraction of sp³-hybridized carbons (Fsp3) is 0.278. The van der Waals surface area contributed by atoms with E-state index in [-0.39, 0.29) is 6.04 Å². The quantitative estimate of drug-likeness (QED) is 0.847. The van der Waals surface area contributed by atoms with Gasteiger partial charge in [0.1, 0.15) is 0 Å². The summed E-state index contributed by atoms with van der Waals surface area (Å²) in [6.45, 7) is 4.24. The molecule has 0 bridgehead atoms. The molecule has 0 fully saturated rings. The molecule has 0 aliphatic rings. The lowest BCUT2D eigenvalue weighted by Gasteiger charge is -2.16. The number of anilines is 1. The zero-order valence-electron chi connectivity index (χ0n) is 12.4. The lowest BCUT2D eigenvalue weighted by molar-refractivity contribution is 0.706. The Morgan fingerprint density at radius 2 is 2.05 bits per heavy atom. The van der Waals surface area contributed by atoms with E-state index in [0.717, 1.165) is 18.5 Å². The van der Waals surface area contributed by atoms with Crippen LogP contribution in [0.2, 0.25) is 5.02 Å². The highest BCUT2D eigenvalue weighted by molar-refractivity contribution is 6.33. The zero-order valence-corrected chi connectivity index (χ0v) is 13.1. The first-order valence-corrected chi connectivity index (χ1v) is 7.48. The van der Waals surface area contributed by atoms with Gasteiger partial charge in [-0.15, -0.1) is 0 Å². The molecule has 2 aromatic carbocycles. The standard InChI is InChI=1S/C18H19ClN2/c1-13-4-3-5-15(10-13)7-6-14(2)21-18-11-16(12-20)8-9-17(18)19/h3-5,8-11,14,21H,6-7H2,1-2H3. The first-order chi connectivity index (χ1) is 10.1. The average molecular weight is 299 g/mol. The number of benzene rings is 2. The van der Waals surface area contributed by atoms with Gasteiger partial charge in [-0.3, -0.25) is 0 Å². The highest BCUT2D eigenvalue weighted by atomic mass is 35.5. The second-order valence-electron chi connectivity index (χ2n) is 5.38. The molecule has 0 radical (unpaired) electrons. The van der Waals surface area contributed by atoms with Gasteiger partial charge in [0, 0.05) is 6.04 Å². The molecule has 0 saturated heterocycles. The molecular weight excluding hydrogens is 280 g/mol. The molecule has 21 heavy (non-hydrogen) atoms. The van der Waals surface area contributed by atoms with Crippen LogP contribution in [0.15, 0.2) is 42.5 Å².